The normalized spacial score (nSPS) is 12.8. The highest BCUT2D eigenvalue weighted by Gasteiger charge is 2.06. The zero-order chi connectivity index (χ0) is 12.0. The van der Waals surface area contributed by atoms with Gasteiger partial charge in [0, 0.05) is 18.7 Å². The van der Waals surface area contributed by atoms with E-state index in [1.807, 2.05) is 13.8 Å². The van der Waals surface area contributed by atoms with E-state index in [0.717, 1.165) is 0 Å². The molecule has 0 amide bonds. The van der Waals surface area contributed by atoms with Crippen molar-refractivity contribution in [1.82, 2.24) is 15.5 Å². The van der Waals surface area contributed by atoms with Crippen LogP contribution in [0.2, 0.25) is 5.15 Å². The molecule has 1 unspecified atom stereocenters. The number of aromatic nitrogens is 2. The quantitative estimate of drug-likeness (QED) is 0.779. The van der Waals surface area contributed by atoms with E-state index in [1.165, 1.54) is 0 Å². The van der Waals surface area contributed by atoms with E-state index >= 15 is 0 Å². The number of aliphatic hydroxyl groups excluding tert-OH is 1. The Bertz CT molecular complexity index is 305. The summed E-state index contributed by atoms with van der Waals surface area (Å²) in [5, 5.41) is 20.3. The van der Waals surface area contributed by atoms with Gasteiger partial charge in [-0.1, -0.05) is 25.4 Å². The predicted molar refractivity (Wildman–Crippen MR) is 61.7 cm³/mol. The van der Waals surface area contributed by atoms with Gasteiger partial charge >= 0.3 is 0 Å². The molecular weight excluding hydrogens is 230 g/mol. The molecule has 5 nitrogen and oxygen atoms in total. The van der Waals surface area contributed by atoms with Crippen LogP contribution in [0.25, 0.3) is 0 Å². The molecule has 2 N–H and O–H groups in total. The summed E-state index contributed by atoms with van der Waals surface area (Å²) in [6.45, 7) is 4.69. The van der Waals surface area contributed by atoms with Crippen molar-refractivity contribution in [2.75, 3.05) is 13.2 Å². The SMILES string of the molecule is CC(C)NCC(O)COc1ccc(Cl)nn1. The topological polar surface area (TPSA) is 67.3 Å². The van der Waals surface area contributed by atoms with Crippen molar-refractivity contribution >= 4 is 11.6 Å². The molecule has 0 saturated carbocycles. The standard InChI is InChI=1S/C10H16ClN3O2/c1-7(2)12-5-8(15)6-16-10-4-3-9(11)13-14-10/h3-4,7-8,12,15H,5-6H2,1-2H3. The average molecular weight is 246 g/mol. The highest BCUT2D eigenvalue weighted by Crippen LogP contribution is 2.08. The van der Waals surface area contributed by atoms with Gasteiger partial charge in [-0.3, -0.25) is 0 Å². The monoisotopic (exact) mass is 245 g/mol. The number of nitrogens with one attached hydrogen (secondary N) is 1. The van der Waals surface area contributed by atoms with Crippen LogP contribution in [0.15, 0.2) is 12.1 Å². The minimum atomic E-state index is -0.570. The van der Waals surface area contributed by atoms with Crippen LogP contribution in [-0.4, -0.2) is 40.6 Å². The second-order valence-electron chi connectivity index (χ2n) is 3.72. The van der Waals surface area contributed by atoms with E-state index in [9.17, 15) is 5.11 Å². The molecule has 16 heavy (non-hydrogen) atoms. The Labute approximate surface area is 99.8 Å². The summed E-state index contributed by atoms with van der Waals surface area (Å²) < 4.78 is 5.23. The van der Waals surface area contributed by atoms with Gasteiger partial charge < -0.3 is 15.2 Å². The summed E-state index contributed by atoms with van der Waals surface area (Å²) in [5.41, 5.74) is 0. The predicted octanol–water partition coefficient (Wildman–Crippen LogP) is 0.868. The van der Waals surface area contributed by atoms with Gasteiger partial charge in [0.25, 0.3) is 0 Å². The van der Waals surface area contributed by atoms with E-state index < -0.39 is 6.10 Å². The number of hydrogen-bond acceptors (Lipinski definition) is 5. The number of aliphatic hydroxyl groups is 1. The highest BCUT2D eigenvalue weighted by atomic mass is 35.5. The maximum Gasteiger partial charge on any atom is 0.233 e. The summed E-state index contributed by atoms with van der Waals surface area (Å²) in [4.78, 5) is 0. The molecule has 6 heteroatoms. The molecule has 0 aliphatic rings. The minimum Gasteiger partial charge on any atom is -0.474 e. The second-order valence-corrected chi connectivity index (χ2v) is 4.11. The van der Waals surface area contributed by atoms with Crippen LogP contribution in [0, 0.1) is 0 Å². The third-order valence-electron chi connectivity index (χ3n) is 1.79. The number of ether oxygens (including phenoxy) is 1. The first-order valence-corrected chi connectivity index (χ1v) is 5.49. The van der Waals surface area contributed by atoms with Crippen LogP contribution < -0.4 is 10.1 Å². The fourth-order valence-corrected chi connectivity index (χ4v) is 1.09. The summed E-state index contributed by atoms with van der Waals surface area (Å²) in [6, 6.07) is 3.53. The van der Waals surface area contributed by atoms with Crippen molar-refractivity contribution in [3.05, 3.63) is 17.3 Å². The van der Waals surface area contributed by atoms with E-state index in [2.05, 4.69) is 15.5 Å². The van der Waals surface area contributed by atoms with Crippen LogP contribution in [0.1, 0.15) is 13.8 Å². The fourth-order valence-electron chi connectivity index (χ4n) is 0.993. The van der Waals surface area contributed by atoms with E-state index in [0.29, 0.717) is 23.6 Å². The summed E-state index contributed by atoms with van der Waals surface area (Å²) >= 11 is 5.57. The van der Waals surface area contributed by atoms with Crippen LogP contribution in [0.4, 0.5) is 0 Å². The molecule has 0 aliphatic heterocycles. The van der Waals surface area contributed by atoms with Crippen molar-refractivity contribution in [3.8, 4) is 5.88 Å². The summed E-state index contributed by atoms with van der Waals surface area (Å²) in [7, 11) is 0. The smallest absolute Gasteiger partial charge is 0.233 e. The summed E-state index contributed by atoms with van der Waals surface area (Å²) in [6.07, 6.45) is -0.570. The third kappa shape index (κ3) is 5.25. The average Bonchev–Trinajstić information content (AvgIpc) is 2.25. The third-order valence-corrected chi connectivity index (χ3v) is 1.99. The van der Waals surface area contributed by atoms with E-state index in [-0.39, 0.29) is 6.61 Å². The number of rotatable bonds is 6. The lowest BCUT2D eigenvalue weighted by Crippen LogP contribution is -2.35. The van der Waals surface area contributed by atoms with E-state index in [1.54, 1.807) is 12.1 Å². The van der Waals surface area contributed by atoms with Crippen LogP contribution in [0.3, 0.4) is 0 Å². The van der Waals surface area contributed by atoms with Crippen molar-refractivity contribution < 1.29 is 9.84 Å². The Balaban J connectivity index is 2.26. The van der Waals surface area contributed by atoms with Crippen LogP contribution in [-0.2, 0) is 0 Å². The van der Waals surface area contributed by atoms with Crippen molar-refractivity contribution in [2.24, 2.45) is 0 Å². The molecule has 90 valence electrons. The van der Waals surface area contributed by atoms with Gasteiger partial charge in [0.15, 0.2) is 5.15 Å². The van der Waals surface area contributed by atoms with Crippen molar-refractivity contribution in [1.29, 1.82) is 0 Å². The lowest BCUT2D eigenvalue weighted by molar-refractivity contribution is 0.101. The van der Waals surface area contributed by atoms with Gasteiger partial charge in [-0.25, -0.2) is 0 Å². The first-order chi connectivity index (χ1) is 7.58. The molecule has 0 fully saturated rings. The number of hydrogen-bond donors (Lipinski definition) is 2. The van der Waals surface area contributed by atoms with Crippen molar-refractivity contribution in [2.45, 2.75) is 26.0 Å². The highest BCUT2D eigenvalue weighted by molar-refractivity contribution is 6.29. The van der Waals surface area contributed by atoms with Crippen LogP contribution in [0.5, 0.6) is 5.88 Å². The van der Waals surface area contributed by atoms with E-state index in [4.69, 9.17) is 16.3 Å². The molecule has 1 rings (SSSR count). The first-order valence-electron chi connectivity index (χ1n) is 5.11. The second kappa shape index (κ2) is 6.62. The maximum atomic E-state index is 9.55. The zero-order valence-corrected chi connectivity index (χ0v) is 10.1. The Morgan fingerprint density at radius 2 is 2.19 bits per heavy atom. The largest absolute Gasteiger partial charge is 0.474 e. The van der Waals surface area contributed by atoms with Crippen LogP contribution >= 0.6 is 11.6 Å². The van der Waals surface area contributed by atoms with Gasteiger partial charge in [0.1, 0.15) is 12.7 Å². The molecule has 1 atom stereocenters. The van der Waals surface area contributed by atoms with Gasteiger partial charge in [0.2, 0.25) is 5.88 Å². The molecule has 0 radical (unpaired) electrons. The van der Waals surface area contributed by atoms with Gasteiger partial charge in [0.05, 0.1) is 0 Å². The van der Waals surface area contributed by atoms with Gasteiger partial charge in [-0.15, -0.1) is 10.2 Å². The van der Waals surface area contributed by atoms with Crippen molar-refractivity contribution in [3.63, 3.8) is 0 Å². The molecule has 0 saturated heterocycles. The lowest BCUT2D eigenvalue weighted by Gasteiger charge is -2.14. The first kappa shape index (κ1) is 13.2. The van der Waals surface area contributed by atoms with Gasteiger partial charge in [-0.05, 0) is 6.07 Å². The molecule has 1 aromatic rings. The molecule has 1 heterocycles. The minimum absolute atomic E-state index is 0.177. The molecule has 0 bridgehead atoms. The summed E-state index contributed by atoms with van der Waals surface area (Å²) in [5.74, 6) is 0.355. The molecule has 0 aromatic carbocycles. The molecule has 1 aromatic heterocycles. The Morgan fingerprint density at radius 1 is 1.44 bits per heavy atom. The molecule has 0 aliphatic carbocycles. The lowest BCUT2D eigenvalue weighted by atomic mass is 10.3. The fraction of sp³-hybridized carbons (Fsp3) is 0.600. The van der Waals surface area contributed by atoms with Gasteiger partial charge in [-0.2, -0.15) is 0 Å². The zero-order valence-electron chi connectivity index (χ0n) is 9.35. The number of halogens is 1. The Kier molecular flexibility index (Phi) is 5.45. The Hall–Kier alpha value is -0.910. The molecular formula is C10H16ClN3O2. The molecule has 0 spiro atoms. The maximum absolute atomic E-state index is 9.55. The Morgan fingerprint density at radius 3 is 2.75 bits per heavy atom. The number of nitrogens with zero attached hydrogens (tertiary/aromatic N) is 2.